The SMILES string of the molecule is COc1ccc2c(c1)C(=O)N(C[C@H](NC(=O)NC=O)c1ccc(-c3ccc(-n4ccnc4)cc3)cc1)C2. The fraction of sp³-hybridized carbons (Fsp3) is 0.143. The Balaban J connectivity index is 1.35. The minimum Gasteiger partial charge on any atom is -0.497 e. The number of carbonyl (C=O) groups is 3. The zero-order chi connectivity index (χ0) is 25.8. The molecule has 0 spiro atoms. The van der Waals surface area contributed by atoms with Crippen molar-refractivity contribution in [2.24, 2.45) is 0 Å². The van der Waals surface area contributed by atoms with Gasteiger partial charge in [0, 0.05) is 36.7 Å². The van der Waals surface area contributed by atoms with Gasteiger partial charge in [0.15, 0.2) is 0 Å². The van der Waals surface area contributed by atoms with E-state index in [2.05, 4.69) is 15.6 Å². The summed E-state index contributed by atoms with van der Waals surface area (Å²) in [6.45, 7) is 0.661. The van der Waals surface area contributed by atoms with E-state index in [1.165, 1.54) is 0 Å². The van der Waals surface area contributed by atoms with E-state index < -0.39 is 12.1 Å². The number of nitrogens with zero attached hydrogens (tertiary/aromatic N) is 3. The standard InChI is InChI=1S/C28H25N5O4/c1-37-24-11-8-22-15-33(27(35)25(22)14-24)16-26(31-28(36)30-18-34)21-4-2-19(3-5-21)20-6-9-23(10-7-20)32-13-12-29-17-32/h2-14,17-18,26H,15-16H2,1H3,(H2,30,31,34,36)/t26-/m0/s1. The lowest BCUT2D eigenvalue weighted by atomic mass is 10.00. The predicted octanol–water partition coefficient (Wildman–Crippen LogP) is 3.70. The molecule has 0 aliphatic carbocycles. The zero-order valence-electron chi connectivity index (χ0n) is 20.1. The Morgan fingerprint density at radius 3 is 2.46 bits per heavy atom. The Hall–Kier alpha value is -4.92. The first-order chi connectivity index (χ1) is 18.1. The third-order valence-corrected chi connectivity index (χ3v) is 6.41. The first-order valence-electron chi connectivity index (χ1n) is 11.7. The van der Waals surface area contributed by atoms with Crippen LogP contribution in [0.5, 0.6) is 5.75 Å². The molecule has 3 aromatic carbocycles. The number of fused-ring (bicyclic) bond motifs is 1. The summed E-state index contributed by atoms with van der Waals surface area (Å²) in [5.74, 6) is 0.480. The molecule has 9 heteroatoms. The molecule has 0 saturated heterocycles. The van der Waals surface area contributed by atoms with E-state index in [0.29, 0.717) is 24.3 Å². The van der Waals surface area contributed by atoms with E-state index in [-0.39, 0.29) is 12.5 Å². The third-order valence-electron chi connectivity index (χ3n) is 6.41. The Kier molecular flexibility index (Phi) is 6.67. The van der Waals surface area contributed by atoms with Gasteiger partial charge in [-0.2, -0.15) is 0 Å². The summed E-state index contributed by atoms with van der Waals surface area (Å²) >= 11 is 0. The maximum Gasteiger partial charge on any atom is 0.321 e. The van der Waals surface area contributed by atoms with Gasteiger partial charge in [-0.25, -0.2) is 9.78 Å². The van der Waals surface area contributed by atoms with Crippen molar-refractivity contribution in [1.82, 2.24) is 25.1 Å². The van der Waals surface area contributed by atoms with E-state index in [1.807, 2.05) is 71.4 Å². The van der Waals surface area contributed by atoms with Crippen LogP contribution in [0.4, 0.5) is 4.79 Å². The zero-order valence-corrected chi connectivity index (χ0v) is 20.1. The van der Waals surface area contributed by atoms with Gasteiger partial charge in [0.25, 0.3) is 5.91 Å². The van der Waals surface area contributed by atoms with Crippen LogP contribution in [0.2, 0.25) is 0 Å². The number of benzene rings is 3. The van der Waals surface area contributed by atoms with E-state index in [1.54, 1.807) is 30.6 Å². The summed E-state index contributed by atoms with van der Waals surface area (Å²) in [6.07, 6.45) is 5.69. The summed E-state index contributed by atoms with van der Waals surface area (Å²) in [6, 6.07) is 20.1. The summed E-state index contributed by atoms with van der Waals surface area (Å²) < 4.78 is 7.18. The maximum absolute atomic E-state index is 13.1. The lowest BCUT2D eigenvalue weighted by Gasteiger charge is -2.25. The van der Waals surface area contributed by atoms with E-state index in [4.69, 9.17) is 4.74 Å². The Morgan fingerprint density at radius 1 is 1.08 bits per heavy atom. The first kappa shape index (κ1) is 23.8. The molecular formula is C28H25N5O4. The highest BCUT2D eigenvalue weighted by Crippen LogP contribution is 2.29. The molecule has 0 unspecified atom stereocenters. The molecule has 1 aliphatic heterocycles. The molecule has 37 heavy (non-hydrogen) atoms. The summed E-state index contributed by atoms with van der Waals surface area (Å²) in [5, 5.41) is 4.92. The van der Waals surface area contributed by atoms with Gasteiger partial charge in [0.2, 0.25) is 6.41 Å². The van der Waals surface area contributed by atoms with Crippen molar-refractivity contribution in [3.05, 3.63) is 102 Å². The number of urea groups is 1. The average Bonchev–Trinajstić information content (AvgIpc) is 3.57. The Labute approximate surface area is 213 Å². The molecule has 0 fully saturated rings. The van der Waals surface area contributed by atoms with Crippen LogP contribution in [0.3, 0.4) is 0 Å². The molecule has 5 rings (SSSR count). The van der Waals surface area contributed by atoms with Crippen LogP contribution in [-0.4, -0.2) is 46.5 Å². The van der Waals surface area contributed by atoms with Gasteiger partial charge in [0.05, 0.1) is 19.5 Å². The number of imide groups is 1. The monoisotopic (exact) mass is 495 g/mol. The predicted molar refractivity (Wildman–Crippen MR) is 137 cm³/mol. The van der Waals surface area contributed by atoms with Gasteiger partial charge < -0.3 is 19.5 Å². The molecule has 0 saturated carbocycles. The van der Waals surface area contributed by atoms with Gasteiger partial charge in [0.1, 0.15) is 5.75 Å². The van der Waals surface area contributed by atoms with Gasteiger partial charge in [-0.3, -0.25) is 14.9 Å². The Bertz CT molecular complexity index is 1420. The van der Waals surface area contributed by atoms with Crippen LogP contribution in [0.25, 0.3) is 16.8 Å². The number of methoxy groups -OCH3 is 1. The van der Waals surface area contributed by atoms with Gasteiger partial charge in [-0.05, 0) is 46.5 Å². The molecular weight excluding hydrogens is 470 g/mol. The molecule has 186 valence electrons. The fourth-order valence-corrected chi connectivity index (χ4v) is 4.47. The second-order valence-corrected chi connectivity index (χ2v) is 8.64. The van der Waals surface area contributed by atoms with Crippen LogP contribution in [0.15, 0.2) is 85.5 Å². The van der Waals surface area contributed by atoms with Crippen molar-refractivity contribution in [1.29, 1.82) is 0 Å². The van der Waals surface area contributed by atoms with E-state index in [0.717, 1.165) is 27.9 Å². The molecule has 9 nitrogen and oxygen atoms in total. The average molecular weight is 496 g/mol. The topological polar surface area (TPSA) is 106 Å². The van der Waals surface area contributed by atoms with Crippen LogP contribution in [-0.2, 0) is 11.3 Å². The summed E-state index contributed by atoms with van der Waals surface area (Å²) in [7, 11) is 1.56. The van der Waals surface area contributed by atoms with Crippen molar-refractivity contribution in [3.63, 3.8) is 0 Å². The number of rotatable bonds is 8. The number of ether oxygens (including phenoxy) is 1. The highest BCUT2D eigenvalue weighted by molar-refractivity contribution is 5.98. The van der Waals surface area contributed by atoms with Crippen LogP contribution >= 0.6 is 0 Å². The lowest BCUT2D eigenvalue weighted by molar-refractivity contribution is -0.108. The minimum atomic E-state index is -0.634. The van der Waals surface area contributed by atoms with Crippen LogP contribution in [0.1, 0.15) is 27.5 Å². The molecule has 0 radical (unpaired) electrons. The van der Waals surface area contributed by atoms with Crippen molar-refractivity contribution in [2.75, 3.05) is 13.7 Å². The van der Waals surface area contributed by atoms with Gasteiger partial charge in [-0.1, -0.05) is 42.5 Å². The summed E-state index contributed by atoms with van der Waals surface area (Å²) in [4.78, 5) is 41.8. The van der Waals surface area contributed by atoms with Gasteiger partial charge in [-0.15, -0.1) is 0 Å². The fourth-order valence-electron chi connectivity index (χ4n) is 4.47. The first-order valence-corrected chi connectivity index (χ1v) is 11.7. The van der Waals surface area contributed by atoms with Crippen molar-refractivity contribution in [3.8, 4) is 22.6 Å². The largest absolute Gasteiger partial charge is 0.497 e. The molecule has 2 heterocycles. The highest BCUT2D eigenvalue weighted by Gasteiger charge is 2.30. The quantitative estimate of drug-likeness (QED) is 0.363. The van der Waals surface area contributed by atoms with Crippen molar-refractivity contribution < 1.29 is 19.1 Å². The van der Waals surface area contributed by atoms with Crippen molar-refractivity contribution in [2.45, 2.75) is 12.6 Å². The normalized spacial score (nSPS) is 13.1. The molecule has 4 aromatic rings. The number of carbonyl (C=O) groups excluding carboxylic acids is 3. The number of imidazole rings is 1. The summed E-state index contributed by atoms with van der Waals surface area (Å²) in [5.41, 5.74) is 5.35. The Morgan fingerprint density at radius 2 is 1.81 bits per heavy atom. The lowest BCUT2D eigenvalue weighted by Crippen LogP contribution is -2.42. The number of hydrogen-bond donors (Lipinski definition) is 2. The number of nitrogens with one attached hydrogen (secondary N) is 2. The maximum atomic E-state index is 13.1. The van der Waals surface area contributed by atoms with E-state index in [9.17, 15) is 14.4 Å². The molecule has 1 aliphatic rings. The smallest absolute Gasteiger partial charge is 0.321 e. The molecule has 1 aromatic heterocycles. The second-order valence-electron chi connectivity index (χ2n) is 8.64. The van der Waals surface area contributed by atoms with Crippen molar-refractivity contribution >= 4 is 18.3 Å². The highest BCUT2D eigenvalue weighted by atomic mass is 16.5. The second kappa shape index (κ2) is 10.4. The minimum absolute atomic E-state index is 0.133. The third kappa shape index (κ3) is 5.06. The molecule has 0 bridgehead atoms. The molecule has 1 atom stereocenters. The number of hydrogen-bond acceptors (Lipinski definition) is 5. The number of amides is 4. The van der Waals surface area contributed by atoms with Crippen LogP contribution in [0, 0.1) is 0 Å². The molecule has 2 N–H and O–H groups in total. The van der Waals surface area contributed by atoms with E-state index >= 15 is 0 Å². The number of aromatic nitrogens is 2. The van der Waals surface area contributed by atoms with Gasteiger partial charge >= 0.3 is 6.03 Å². The molecule has 4 amide bonds. The van der Waals surface area contributed by atoms with Crippen LogP contribution < -0.4 is 15.4 Å².